The molecule has 0 fully saturated rings. The molecule has 0 radical (unpaired) electrons. The van der Waals surface area contributed by atoms with Crippen LogP contribution in [0.3, 0.4) is 0 Å². The van der Waals surface area contributed by atoms with Crippen LogP contribution in [0.15, 0.2) is 57.7 Å². The molecule has 0 aliphatic heterocycles. The van der Waals surface area contributed by atoms with Gasteiger partial charge in [-0.05, 0) is 30.7 Å². The first-order chi connectivity index (χ1) is 12.3. The minimum Gasteiger partial charge on any atom is -0.494 e. The van der Waals surface area contributed by atoms with Crippen LogP contribution in [0.5, 0.6) is 5.75 Å². The lowest BCUT2D eigenvalue weighted by Gasteiger charge is -2.06. The zero-order valence-corrected chi connectivity index (χ0v) is 13.7. The van der Waals surface area contributed by atoms with Crippen LogP contribution in [-0.4, -0.2) is 29.2 Å². The van der Waals surface area contributed by atoms with E-state index in [0.29, 0.717) is 43.5 Å². The van der Waals surface area contributed by atoms with Gasteiger partial charge in [-0.3, -0.25) is 4.79 Å². The lowest BCUT2D eigenvalue weighted by molar-refractivity contribution is -0.121. The van der Waals surface area contributed by atoms with Crippen molar-refractivity contribution in [2.45, 2.75) is 19.3 Å². The van der Waals surface area contributed by atoms with Crippen molar-refractivity contribution < 1.29 is 18.5 Å². The Morgan fingerprint density at radius 1 is 1.16 bits per heavy atom. The molecule has 25 heavy (non-hydrogen) atoms. The highest BCUT2D eigenvalue weighted by atomic mass is 16.5. The molecule has 7 nitrogen and oxygen atoms in total. The highest BCUT2D eigenvalue weighted by Gasteiger charge is 2.12. The van der Waals surface area contributed by atoms with Gasteiger partial charge in [0.25, 0.3) is 0 Å². The van der Waals surface area contributed by atoms with Crippen LogP contribution in [0.25, 0.3) is 11.6 Å². The summed E-state index contributed by atoms with van der Waals surface area (Å²) in [5.74, 6) is 2.11. The van der Waals surface area contributed by atoms with Gasteiger partial charge in [-0.25, -0.2) is 0 Å². The first kappa shape index (κ1) is 16.8. The molecule has 0 atom stereocenters. The first-order valence-corrected chi connectivity index (χ1v) is 8.12. The Morgan fingerprint density at radius 3 is 2.84 bits per heavy atom. The van der Waals surface area contributed by atoms with Gasteiger partial charge in [0.1, 0.15) is 5.75 Å². The van der Waals surface area contributed by atoms with Gasteiger partial charge in [-0.15, -0.1) is 0 Å². The number of nitrogens with one attached hydrogen (secondary N) is 1. The van der Waals surface area contributed by atoms with Crippen molar-refractivity contribution in [3.63, 3.8) is 0 Å². The predicted molar refractivity (Wildman–Crippen MR) is 89.9 cm³/mol. The maximum Gasteiger partial charge on any atom is 0.238 e. The van der Waals surface area contributed by atoms with Crippen molar-refractivity contribution in [1.29, 1.82) is 0 Å². The maximum absolute atomic E-state index is 11.8. The second-order valence-corrected chi connectivity index (χ2v) is 5.35. The van der Waals surface area contributed by atoms with Gasteiger partial charge in [-0.2, -0.15) is 4.98 Å². The van der Waals surface area contributed by atoms with Crippen LogP contribution in [0.2, 0.25) is 0 Å². The Kier molecular flexibility index (Phi) is 5.82. The minimum absolute atomic E-state index is 0.0579. The number of hydrogen-bond donors (Lipinski definition) is 1. The second-order valence-electron chi connectivity index (χ2n) is 5.35. The third-order valence-electron chi connectivity index (χ3n) is 3.43. The number of para-hydroxylation sites is 1. The monoisotopic (exact) mass is 341 g/mol. The number of aryl methyl sites for hydroxylation is 1. The lowest BCUT2D eigenvalue weighted by Crippen LogP contribution is -2.25. The number of ether oxygens (including phenoxy) is 1. The molecule has 1 aromatic carbocycles. The summed E-state index contributed by atoms with van der Waals surface area (Å²) in [6, 6.07) is 13.1. The fourth-order valence-electron chi connectivity index (χ4n) is 2.18. The van der Waals surface area contributed by atoms with E-state index >= 15 is 0 Å². The van der Waals surface area contributed by atoms with Gasteiger partial charge < -0.3 is 19.0 Å². The van der Waals surface area contributed by atoms with E-state index in [-0.39, 0.29) is 5.91 Å². The molecule has 0 saturated heterocycles. The predicted octanol–water partition coefficient (Wildman–Crippen LogP) is 2.85. The highest BCUT2D eigenvalue weighted by Crippen LogP contribution is 2.16. The van der Waals surface area contributed by atoms with E-state index in [0.717, 1.165) is 12.2 Å². The fourth-order valence-corrected chi connectivity index (χ4v) is 2.18. The molecule has 7 heteroatoms. The normalized spacial score (nSPS) is 10.6. The topological polar surface area (TPSA) is 90.4 Å². The van der Waals surface area contributed by atoms with Gasteiger partial charge in [0.05, 0.1) is 12.9 Å². The molecule has 0 aliphatic carbocycles. The third kappa shape index (κ3) is 5.20. The summed E-state index contributed by atoms with van der Waals surface area (Å²) in [5.41, 5.74) is 0. The Bertz CT molecular complexity index is 769. The van der Waals surface area contributed by atoms with Crippen LogP contribution in [-0.2, 0) is 11.2 Å². The van der Waals surface area contributed by atoms with E-state index in [1.54, 1.807) is 18.4 Å². The molecule has 1 N–H and O–H groups in total. The minimum atomic E-state index is -0.0579. The van der Waals surface area contributed by atoms with E-state index in [9.17, 15) is 4.79 Å². The molecule has 3 aromatic rings. The van der Waals surface area contributed by atoms with Crippen LogP contribution in [0.4, 0.5) is 0 Å². The van der Waals surface area contributed by atoms with Crippen molar-refractivity contribution in [2.75, 3.05) is 13.2 Å². The van der Waals surface area contributed by atoms with Crippen molar-refractivity contribution >= 4 is 5.91 Å². The number of furan rings is 1. The molecular weight excluding hydrogens is 322 g/mol. The molecule has 1 amide bonds. The molecule has 3 rings (SSSR count). The van der Waals surface area contributed by atoms with Gasteiger partial charge >= 0.3 is 0 Å². The summed E-state index contributed by atoms with van der Waals surface area (Å²) in [6.07, 6.45) is 2.96. The third-order valence-corrected chi connectivity index (χ3v) is 3.43. The van der Waals surface area contributed by atoms with Gasteiger partial charge in [0.15, 0.2) is 5.76 Å². The van der Waals surface area contributed by atoms with E-state index in [4.69, 9.17) is 13.7 Å². The number of carbonyl (C=O) groups excluding carboxylic acids is 1. The number of rotatable bonds is 9. The van der Waals surface area contributed by atoms with Crippen LogP contribution in [0.1, 0.15) is 18.7 Å². The lowest BCUT2D eigenvalue weighted by atomic mass is 10.3. The Hall–Kier alpha value is -3.09. The molecule has 0 saturated carbocycles. The highest BCUT2D eigenvalue weighted by molar-refractivity contribution is 5.75. The molecule has 130 valence electrons. The molecule has 0 aliphatic rings. The van der Waals surface area contributed by atoms with Gasteiger partial charge in [0.2, 0.25) is 17.6 Å². The van der Waals surface area contributed by atoms with Crippen molar-refractivity contribution in [3.8, 4) is 17.3 Å². The number of nitrogens with zero attached hydrogens (tertiary/aromatic N) is 2. The average Bonchev–Trinajstić information content (AvgIpc) is 3.32. The van der Waals surface area contributed by atoms with E-state index in [2.05, 4.69) is 15.5 Å². The van der Waals surface area contributed by atoms with Gasteiger partial charge in [0, 0.05) is 19.4 Å². The molecule has 2 aromatic heterocycles. The van der Waals surface area contributed by atoms with E-state index in [1.165, 1.54) is 0 Å². The summed E-state index contributed by atoms with van der Waals surface area (Å²) >= 11 is 0. The van der Waals surface area contributed by atoms with E-state index < -0.39 is 0 Å². The molecule has 0 unspecified atom stereocenters. The van der Waals surface area contributed by atoms with Crippen LogP contribution >= 0.6 is 0 Å². The van der Waals surface area contributed by atoms with Crippen molar-refractivity contribution in [2.24, 2.45) is 0 Å². The maximum atomic E-state index is 11.8. The number of amides is 1. The standard InChI is InChI=1S/C18H19N3O4/c22-16(19-11-5-13-23-14-6-2-1-3-7-14)9-10-17-20-18(21-25-17)15-8-4-12-24-15/h1-4,6-8,12H,5,9-11,13H2,(H,19,22). The summed E-state index contributed by atoms with van der Waals surface area (Å²) in [5, 5.41) is 6.67. The zero-order valence-electron chi connectivity index (χ0n) is 13.7. The smallest absolute Gasteiger partial charge is 0.238 e. The quantitative estimate of drug-likeness (QED) is 0.602. The van der Waals surface area contributed by atoms with E-state index in [1.807, 2.05) is 30.3 Å². The van der Waals surface area contributed by atoms with Crippen LogP contribution in [0, 0.1) is 0 Å². The summed E-state index contributed by atoms with van der Waals surface area (Å²) in [4.78, 5) is 16.0. The SMILES string of the molecule is O=C(CCc1nc(-c2ccco2)no1)NCCCOc1ccccc1. The number of hydrogen-bond acceptors (Lipinski definition) is 6. The average molecular weight is 341 g/mol. The first-order valence-electron chi connectivity index (χ1n) is 8.12. The zero-order chi connectivity index (χ0) is 17.3. The summed E-state index contributed by atoms with van der Waals surface area (Å²) < 4.78 is 15.9. The van der Waals surface area contributed by atoms with Gasteiger partial charge in [-0.1, -0.05) is 23.4 Å². The molecule has 2 heterocycles. The number of aromatic nitrogens is 2. The largest absolute Gasteiger partial charge is 0.494 e. The molecule has 0 spiro atoms. The number of benzene rings is 1. The second kappa shape index (κ2) is 8.68. The van der Waals surface area contributed by atoms with Crippen molar-refractivity contribution in [1.82, 2.24) is 15.5 Å². The van der Waals surface area contributed by atoms with Crippen LogP contribution < -0.4 is 10.1 Å². The molecule has 0 bridgehead atoms. The fraction of sp³-hybridized carbons (Fsp3) is 0.278. The molecular formula is C18H19N3O4. The van der Waals surface area contributed by atoms with Crippen molar-refractivity contribution in [3.05, 3.63) is 54.6 Å². The Labute approximate surface area is 145 Å². The number of carbonyl (C=O) groups is 1. The summed E-state index contributed by atoms with van der Waals surface area (Å²) in [6.45, 7) is 1.12. The Morgan fingerprint density at radius 2 is 2.04 bits per heavy atom. The Balaban J connectivity index is 1.30. The summed E-state index contributed by atoms with van der Waals surface area (Å²) in [7, 11) is 0.